The van der Waals surface area contributed by atoms with Crippen LogP contribution >= 0.6 is 0 Å². The summed E-state index contributed by atoms with van der Waals surface area (Å²) < 4.78 is 14.7. The first kappa shape index (κ1) is 27.6. The molecule has 9 nitrogen and oxygen atoms in total. The topological polar surface area (TPSA) is 111 Å². The molecule has 4 fully saturated rings. The maximum absolute atomic E-state index is 14.7. The van der Waals surface area contributed by atoms with Gasteiger partial charge in [0.05, 0.1) is 18.1 Å². The highest BCUT2D eigenvalue weighted by Crippen LogP contribution is 2.30. The third-order valence-electron chi connectivity index (χ3n) is 8.83. The summed E-state index contributed by atoms with van der Waals surface area (Å²) >= 11 is 0. The van der Waals surface area contributed by atoms with Gasteiger partial charge in [0.25, 0.3) is 5.91 Å². The number of hydrogen-bond acceptors (Lipinski definition) is 5. The van der Waals surface area contributed by atoms with Crippen LogP contribution in [0, 0.1) is 0 Å². The smallest absolute Gasteiger partial charge is 0.253 e. The number of rotatable bonds is 3. The molecule has 1 aromatic rings. The van der Waals surface area contributed by atoms with Crippen LogP contribution in [-0.2, 0) is 14.4 Å². The van der Waals surface area contributed by atoms with Gasteiger partial charge in [0.2, 0.25) is 17.7 Å². The number of carbonyl (C=O) groups excluding carboxylic acids is 4. The third kappa shape index (κ3) is 6.42. The zero-order valence-corrected chi connectivity index (χ0v) is 22.5. The van der Waals surface area contributed by atoms with Gasteiger partial charge in [-0.25, -0.2) is 4.39 Å². The van der Waals surface area contributed by atoms with Crippen LogP contribution in [0.1, 0.15) is 74.6 Å². The molecule has 1 spiro atoms. The number of amides is 4. The van der Waals surface area contributed by atoms with E-state index in [0.29, 0.717) is 50.9 Å². The predicted molar refractivity (Wildman–Crippen MR) is 144 cm³/mol. The van der Waals surface area contributed by atoms with Gasteiger partial charge in [-0.15, -0.1) is 0 Å². The summed E-state index contributed by atoms with van der Waals surface area (Å²) in [5.41, 5.74) is -0.270. The molecule has 3 heterocycles. The van der Waals surface area contributed by atoms with Gasteiger partial charge in [0, 0.05) is 44.1 Å². The summed E-state index contributed by atoms with van der Waals surface area (Å²) in [4.78, 5) is 56.5. The summed E-state index contributed by atoms with van der Waals surface area (Å²) in [7, 11) is 0. The fraction of sp³-hybridized carbons (Fsp3) is 0.655. The van der Waals surface area contributed by atoms with E-state index in [9.17, 15) is 23.6 Å². The molecular weight excluding hydrogens is 501 g/mol. The number of likely N-dealkylation sites (tertiary alicyclic amines) is 1. The third-order valence-corrected chi connectivity index (χ3v) is 8.83. The lowest BCUT2D eigenvalue weighted by Gasteiger charge is -2.43. The molecule has 3 N–H and O–H groups in total. The van der Waals surface area contributed by atoms with Crippen molar-refractivity contribution in [3.63, 3.8) is 0 Å². The Bertz CT molecular complexity index is 1060. The molecule has 39 heavy (non-hydrogen) atoms. The summed E-state index contributed by atoms with van der Waals surface area (Å²) in [6.07, 6.45) is 4.92. The number of piperidine rings is 1. The molecule has 4 aliphatic rings. The van der Waals surface area contributed by atoms with Crippen molar-refractivity contribution in [1.82, 2.24) is 25.8 Å². The second-order valence-electron chi connectivity index (χ2n) is 11.6. The van der Waals surface area contributed by atoms with Crippen LogP contribution in [0.5, 0.6) is 0 Å². The van der Waals surface area contributed by atoms with Gasteiger partial charge in [-0.3, -0.25) is 19.2 Å². The zero-order chi connectivity index (χ0) is 27.4. The van der Waals surface area contributed by atoms with Crippen LogP contribution in [0.3, 0.4) is 0 Å². The zero-order valence-electron chi connectivity index (χ0n) is 22.5. The summed E-state index contributed by atoms with van der Waals surface area (Å²) in [5.74, 6) is -0.904. The molecule has 4 amide bonds. The Kier molecular flexibility index (Phi) is 8.49. The largest absolute Gasteiger partial charge is 0.356 e. The first-order valence-corrected chi connectivity index (χ1v) is 14.5. The van der Waals surface area contributed by atoms with E-state index >= 15 is 0 Å². The van der Waals surface area contributed by atoms with Gasteiger partial charge in [-0.1, -0.05) is 31.0 Å². The minimum absolute atomic E-state index is 0.0470. The highest BCUT2D eigenvalue weighted by molar-refractivity contribution is 5.94. The van der Waals surface area contributed by atoms with Gasteiger partial charge in [0.15, 0.2) is 0 Å². The molecule has 3 aliphatic heterocycles. The number of carbonyl (C=O) groups is 4. The van der Waals surface area contributed by atoms with Crippen molar-refractivity contribution >= 4 is 23.6 Å². The molecule has 10 heteroatoms. The van der Waals surface area contributed by atoms with Crippen LogP contribution < -0.4 is 16.0 Å². The Morgan fingerprint density at radius 1 is 1.00 bits per heavy atom. The van der Waals surface area contributed by atoms with Crippen molar-refractivity contribution in [3.8, 4) is 0 Å². The maximum Gasteiger partial charge on any atom is 0.253 e. The Hall–Kier alpha value is -3.01. The summed E-state index contributed by atoms with van der Waals surface area (Å²) in [5, 5.41) is 9.53. The van der Waals surface area contributed by atoms with E-state index in [1.165, 1.54) is 4.90 Å². The Morgan fingerprint density at radius 3 is 2.44 bits per heavy atom. The first-order valence-electron chi connectivity index (χ1n) is 14.5. The molecule has 0 aromatic heterocycles. The molecule has 1 aromatic carbocycles. The number of hydrogen-bond donors (Lipinski definition) is 3. The lowest BCUT2D eigenvalue weighted by Crippen LogP contribution is -2.61. The van der Waals surface area contributed by atoms with Crippen molar-refractivity contribution in [1.29, 1.82) is 0 Å². The van der Waals surface area contributed by atoms with Gasteiger partial charge in [0.1, 0.15) is 12.2 Å². The van der Waals surface area contributed by atoms with Gasteiger partial charge >= 0.3 is 0 Å². The highest BCUT2D eigenvalue weighted by Gasteiger charge is 2.46. The SMILES string of the molecule is O=C1CC2(CCN(C(=O)c3ccccc3)CC2)NC(=O)[C@@H]2C[C@H](F)CN2C(=O)[C@@H](NC2CCCC2)CCCN1. The number of nitrogens with zero attached hydrogens (tertiary/aromatic N) is 2. The monoisotopic (exact) mass is 541 g/mol. The Labute approximate surface area is 229 Å². The molecule has 0 bridgehead atoms. The lowest BCUT2D eigenvalue weighted by atomic mass is 9.83. The molecule has 0 unspecified atom stereocenters. The fourth-order valence-electron chi connectivity index (χ4n) is 6.63. The number of halogens is 1. The second-order valence-corrected chi connectivity index (χ2v) is 11.6. The molecule has 1 aliphatic carbocycles. The van der Waals surface area contributed by atoms with Gasteiger partial charge in [-0.05, 0) is 50.7 Å². The van der Waals surface area contributed by atoms with Crippen molar-refractivity contribution < 1.29 is 23.6 Å². The molecular formula is C29H40FN5O4. The highest BCUT2D eigenvalue weighted by atomic mass is 19.1. The van der Waals surface area contributed by atoms with E-state index in [1.54, 1.807) is 17.0 Å². The van der Waals surface area contributed by atoms with Crippen molar-refractivity contribution in [2.75, 3.05) is 26.2 Å². The average Bonchev–Trinajstić information content (AvgIpc) is 3.59. The van der Waals surface area contributed by atoms with E-state index in [0.717, 1.165) is 25.7 Å². The molecule has 5 rings (SSSR count). The van der Waals surface area contributed by atoms with Crippen LogP contribution in [0.15, 0.2) is 30.3 Å². The molecule has 212 valence electrons. The fourth-order valence-corrected chi connectivity index (χ4v) is 6.63. The average molecular weight is 542 g/mol. The van der Waals surface area contributed by atoms with E-state index < -0.39 is 29.7 Å². The predicted octanol–water partition coefficient (Wildman–Crippen LogP) is 1.92. The van der Waals surface area contributed by atoms with E-state index in [4.69, 9.17) is 0 Å². The number of benzene rings is 1. The number of nitrogens with one attached hydrogen (secondary N) is 3. The van der Waals surface area contributed by atoms with Crippen LogP contribution in [-0.4, -0.2) is 89.4 Å². The molecule has 3 saturated heterocycles. The minimum Gasteiger partial charge on any atom is -0.356 e. The van der Waals surface area contributed by atoms with E-state index in [1.807, 2.05) is 18.2 Å². The van der Waals surface area contributed by atoms with E-state index in [2.05, 4.69) is 16.0 Å². The lowest BCUT2D eigenvalue weighted by molar-refractivity contribution is -0.141. The van der Waals surface area contributed by atoms with Crippen molar-refractivity contribution in [3.05, 3.63) is 35.9 Å². The number of fused-ring (bicyclic) bond motifs is 1. The van der Waals surface area contributed by atoms with E-state index in [-0.39, 0.29) is 43.1 Å². The van der Waals surface area contributed by atoms with Crippen LogP contribution in [0.2, 0.25) is 0 Å². The molecule has 1 saturated carbocycles. The van der Waals surface area contributed by atoms with Gasteiger partial charge in [-0.2, -0.15) is 0 Å². The van der Waals surface area contributed by atoms with Crippen molar-refractivity contribution in [2.24, 2.45) is 0 Å². The Morgan fingerprint density at radius 2 is 1.72 bits per heavy atom. The van der Waals surface area contributed by atoms with Crippen LogP contribution in [0.25, 0.3) is 0 Å². The van der Waals surface area contributed by atoms with Crippen molar-refractivity contribution in [2.45, 2.75) is 94.0 Å². The standard InChI is InChI=1S/C29H40FN5O4/c30-21-17-24-26(37)33-29(12-15-34(16-13-29)27(38)20-7-2-1-3-8-20)18-25(36)31-14-6-11-23(28(39)35(24)19-21)32-22-9-4-5-10-22/h1-3,7-8,21-24,32H,4-6,9-19H2,(H,31,36)(H,33,37)/t21-,23-,24-/m0/s1. The maximum atomic E-state index is 14.7. The first-order chi connectivity index (χ1) is 18.8. The van der Waals surface area contributed by atoms with Gasteiger partial charge < -0.3 is 25.8 Å². The molecule has 3 atom stereocenters. The summed E-state index contributed by atoms with van der Waals surface area (Å²) in [6.45, 7) is 1.09. The normalized spacial score (nSPS) is 28.7. The summed E-state index contributed by atoms with van der Waals surface area (Å²) in [6, 6.07) is 7.86. The van der Waals surface area contributed by atoms with Crippen LogP contribution in [0.4, 0.5) is 4.39 Å². The number of alkyl halides is 1. The molecule has 0 radical (unpaired) electrons. The minimum atomic E-state index is -1.27. The Balaban J connectivity index is 1.33. The quantitative estimate of drug-likeness (QED) is 0.542. The second kappa shape index (κ2) is 12.0.